The lowest BCUT2D eigenvalue weighted by molar-refractivity contribution is 0.102. The highest BCUT2D eigenvalue weighted by atomic mass is 19.1. The Morgan fingerprint density at radius 3 is 2.37 bits per heavy atom. The molecule has 11 heteroatoms. The van der Waals surface area contributed by atoms with Crippen LogP contribution in [0, 0.1) is 5.82 Å². The maximum atomic E-state index is 13.9. The lowest BCUT2D eigenvalue weighted by Gasteiger charge is -2.17. The minimum Gasteiger partial charge on any atom is -0.334 e. The number of carbonyl (C=O) groups is 1. The molecular formula is C19H10B4FN5O. The quantitative estimate of drug-likeness (QED) is 0.440. The molecule has 8 radical (unpaired) electrons. The highest BCUT2D eigenvalue weighted by Gasteiger charge is 2.19. The van der Waals surface area contributed by atoms with E-state index >= 15 is 0 Å². The van der Waals surface area contributed by atoms with Crippen LogP contribution in [-0.4, -0.2) is 57.0 Å². The Kier molecular flexibility index (Phi) is 4.97. The van der Waals surface area contributed by atoms with Gasteiger partial charge in [-0.25, -0.2) is 9.37 Å². The SMILES string of the molecule is [B]c1c([B])c(C(=O)Nc2cc3cc(-c4cncn4C)ccc3nn2)c([B])c([B])c1F. The molecule has 136 valence electrons. The number of halogens is 1. The van der Waals surface area contributed by atoms with E-state index in [0.717, 1.165) is 16.6 Å². The van der Waals surface area contributed by atoms with Crippen molar-refractivity contribution in [3.05, 3.63) is 48.2 Å². The van der Waals surface area contributed by atoms with E-state index in [4.69, 9.17) is 31.4 Å². The smallest absolute Gasteiger partial charge is 0.255 e. The molecule has 2 heterocycles. The average Bonchev–Trinajstić information content (AvgIpc) is 3.16. The van der Waals surface area contributed by atoms with Gasteiger partial charge in [0, 0.05) is 23.6 Å². The van der Waals surface area contributed by atoms with Gasteiger partial charge in [-0.05, 0) is 18.2 Å². The molecule has 0 spiro atoms. The Morgan fingerprint density at radius 2 is 1.73 bits per heavy atom. The molecule has 4 rings (SSSR count). The summed E-state index contributed by atoms with van der Waals surface area (Å²) in [6.45, 7) is 0. The van der Waals surface area contributed by atoms with Crippen molar-refractivity contribution >= 4 is 75.9 Å². The second kappa shape index (κ2) is 7.48. The highest BCUT2D eigenvalue weighted by Crippen LogP contribution is 2.24. The van der Waals surface area contributed by atoms with E-state index in [0.29, 0.717) is 5.52 Å². The number of nitrogens with zero attached hydrogens (tertiary/aromatic N) is 4. The summed E-state index contributed by atoms with van der Waals surface area (Å²) >= 11 is 0. The number of hydrogen-bond donors (Lipinski definition) is 1. The minimum atomic E-state index is -0.963. The van der Waals surface area contributed by atoms with Gasteiger partial charge in [-0.15, -0.1) is 10.2 Å². The first kappa shape index (κ1) is 19.9. The molecule has 0 unspecified atom stereocenters. The summed E-state index contributed by atoms with van der Waals surface area (Å²) in [5, 5.41) is 11.4. The van der Waals surface area contributed by atoms with Gasteiger partial charge in [0.2, 0.25) is 0 Å². The topological polar surface area (TPSA) is 72.7 Å². The van der Waals surface area contributed by atoms with Crippen LogP contribution in [0.5, 0.6) is 0 Å². The minimum absolute atomic E-state index is 0.148. The molecule has 1 amide bonds. The van der Waals surface area contributed by atoms with Crippen molar-refractivity contribution in [2.45, 2.75) is 0 Å². The molecule has 0 saturated heterocycles. The summed E-state index contributed by atoms with van der Waals surface area (Å²) < 4.78 is 15.8. The van der Waals surface area contributed by atoms with Gasteiger partial charge in [-0.2, -0.15) is 0 Å². The number of benzene rings is 2. The Morgan fingerprint density at radius 1 is 1.03 bits per heavy atom. The molecule has 4 aromatic rings. The molecule has 0 aliphatic heterocycles. The normalized spacial score (nSPS) is 11.0. The number of anilines is 1. The maximum absolute atomic E-state index is 13.9. The summed E-state index contributed by atoms with van der Waals surface area (Å²) in [5.41, 5.74) is 0.741. The largest absolute Gasteiger partial charge is 0.334 e. The van der Waals surface area contributed by atoms with Crippen molar-refractivity contribution in [2.75, 3.05) is 5.32 Å². The summed E-state index contributed by atoms with van der Waals surface area (Å²) in [5.74, 6) is -1.55. The standard InChI is InChI=1S/C19H10B4FN5O/c1-29-7-25-6-11(29)8-2-3-10-9(4-8)5-12(28-27-10)26-19(30)13-14(20)16(22)18(24)17(23)15(13)21/h2-7H,1H3,(H,26,28,30). The van der Waals surface area contributed by atoms with Crippen LogP contribution in [0.3, 0.4) is 0 Å². The molecule has 0 fully saturated rings. The first-order valence-electron chi connectivity index (χ1n) is 8.74. The van der Waals surface area contributed by atoms with Gasteiger partial charge in [-0.3, -0.25) is 4.79 Å². The number of fused-ring (bicyclic) bond motifs is 1. The number of carbonyl (C=O) groups excluding carboxylic acids is 1. The van der Waals surface area contributed by atoms with E-state index in [9.17, 15) is 9.18 Å². The molecule has 0 aliphatic carbocycles. The third kappa shape index (κ3) is 3.30. The van der Waals surface area contributed by atoms with Crippen LogP contribution in [-0.2, 0) is 7.05 Å². The number of nitrogens with one attached hydrogen (secondary N) is 1. The van der Waals surface area contributed by atoms with Crippen molar-refractivity contribution < 1.29 is 9.18 Å². The summed E-state index contributed by atoms with van der Waals surface area (Å²) in [4.78, 5) is 16.8. The van der Waals surface area contributed by atoms with Crippen molar-refractivity contribution in [1.29, 1.82) is 0 Å². The van der Waals surface area contributed by atoms with Crippen molar-refractivity contribution in [3.63, 3.8) is 0 Å². The number of amides is 1. The maximum Gasteiger partial charge on any atom is 0.255 e. The molecule has 0 saturated carbocycles. The predicted octanol–water partition coefficient (Wildman–Crippen LogP) is -1.40. The second-order valence-corrected chi connectivity index (χ2v) is 6.69. The third-order valence-electron chi connectivity index (χ3n) is 4.76. The number of aromatic nitrogens is 4. The van der Waals surface area contributed by atoms with E-state index < -0.39 is 22.7 Å². The lowest BCUT2D eigenvalue weighted by atomic mass is 9.66. The number of hydrogen-bond acceptors (Lipinski definition) is 4. The van der Waals surface area contributed by atoms with E-state index in [2.05, 4.69) is 20.5 Å². The molecule has 0 bridgehead atoms. The van der Waals surface area contributed by atoms with Crippen LogP contribution in [0.4, 0.5) is 10.2 Å². The van der Waals surface area contributed by atoms with Gasteiger partial charge in [0.05, 0.1) is 23.7 Å². The fourth-order valence-electron chi connectivity index (χ4n) is 3.12. The molecule has 2 aromatic heterocycles. The van der Waals surface area contributed by atoms with Crippen molar-refractivity contribution in [3.8, 4) is 11.3 Å². The summed E-state index contributed by atoms with van der Waals surface area (Å²) in [6, 6.07) is 7.25. The van der Waals surface area contributed by atoms with Gasteiger partial charge in [0.15, 0.2) is 5.82 Å². The van der Waals surface area contributed by atoms with E-state index in [1.165, 1.54) is 0 Å². The Bertz CT molecular complexity index is 1300. The average molecular weight is 387 g/mol. The number of rotatable bonds is 3. The molecule has 30 heavy (non-hydrogen) atoms. The fourth-order valence-corrected chi connectivity index (χ4v) is 3.12. The molecular weight excluding hydrogens is 376 g/mol. The van der Waals surface area contributed by atoms with Crippen LogP contribution in [0.1, 0.15) is 10.4 Å². The van der Waals surface area contributed by atoms with Crippen LogP contribution >= 0.6 is 0 Å². The Hall–Kier alpha value is -3.35. The van der Waals surface area contributed by atoms with Crippen LogP contribution < -0.4 is 27.2 Å². The Balaban J connectivity index is 1.71. The van der Waals surface area contributed by atoms with Gasteiger partial charge in [0.1, 0.15) is 37.2 Å². The molecule has 2 aromatic carbocycles. The van der Waals surface area contributed by atoms with Gasteiger partial charge in [-0.1, -0.05) is 27.9 Å². The van der Waals surface area contributed by atoms with Crippen LogP contribution in [0.15, 0.2) is 36.8 Å². The molecule has 0 aliphatic rings. The van der Waals surface area contributed by atoms with Gasteiger partial charge >= 0.3 is 0 Å². The number of imidazole rings is 1. The molecule has 6 nitrogen and oxygen atoms in total. The molecule has 0 atom stereocenters. The van der Waals surface area contributed by atoms with Gasteiger partial charge < -0.3 is 9.88 Å². The Labute approximate surface area is 176 Å². The zero-order chi connectivity index (χ0) is 21.6. The third-order valence-corrected chi connectivity index (χ3v) is 4.76. The van der Waals surface area contributed by atoms with E-state index in [1.54, 1.807) is 18.6 Å². The monoisotopic (exact) mass is 387 g/mol. The number of aryl methyl sites for hydroxylation is 1. The van der Waals surface area contributed by atoms with E-state index in [-0.39, 0.29) is 22.3 Å². The second-order valence-electron chi connectivity index (χ2n) is 6.69. The summed E-state index contributed by atoms with van der Waals surface area (Å²) in [7, 11) is 24.6. The van der Waals surface area contributed by atoms with Crippen molar-refractivity contribution in [1.82, 2.24) is 19.7 Å². The van der Waals surface area contributed by atoms with Crippen LogP contribution in [0.25, 0.3) is 22.2 Å². The fraction of sp³-hybridized carbons (Fsp3) is 0.0526. The first-order chi connectivity index (χ1) is 14.3. The first-order valence-corrected chi connectivity index (χ1v) is 8.74. The molecule has 1 N–H and O–H groups in total. The summed E-state index contributed by atoms with van der Waals surface area (Å²) in [6.07, 6.45) is 3.44. The highest BCUT2D eigenvalue weighted by molar-refractivity contribution is 6.59. The zero-order valence-corrected chi connectivity index (χ0v) is 15.8. The van der Waals surface area contributed by atoms with Gasteiger partial charge in [0.25, 0.3) is 5.91 Å². The van der Waals surface area contributed by atoms with Crippen LogP contribution in [0.2, 0.25) is 0 Å². The van der Waals surface area contributed by atoms with E-state index in [1.807, 2.05) is 29.8 Å². The lowest BCUT2D eigenvalue weighted by Crippen LogP contribution is -2.49. The van der Waals surface area contributed by atoms with Crippen molar-refractivity contribution in [2.24, 2.45) is 7.05 Å². The predicted molar refractivity (Wildman–Crippen MR) is 118 cm³/mol. The zero-order valence-electron chi connectivity index (χ0n) is 15.8.